The van der Waals surface area contributed by atoms with Crippen LogP contribution in [-0.4, -0.2) is 26.5 Å². The van der Waals surface area contributed by atoms with Crippen molar-refractivity contribution >= 4 is 23.2 Å². The van der Waals surface area contributed by atoms with Crippen LogP contribution in [0.4, 0.5) is 4.39 Å². The number of amides is 1. The summed E-state index contributed by atoms with van der Waals surface area (Å²) >= 11 is 6.20. The Bertz CT molecular complexity index is 1070. The predicted molar refractivity (Wildman–Crippen MR) is 111 cm³/mol. The first kappa shape index (κ1) is 19.8. The summed E-state index contributed by atoms with van der Waals surface area (Å²) in [5, 5.41) is 7.93. The highest BCUT2D eigenvalue weighted by molar-refractivity contribution is 6.31. The van der Waals surface area contributed by atoms with Crippen LogP contribution < -0.4 is 5.32 Å². The highest BCUT2D eigenvalue weighted by Crippen LogP contribution is 2.25. The summed E-state index contributed by atoms with van der Waals surface area (Å²) in [7, 11) is 0. The first-order valence-corrected chi connectivity index (χ1v) is 10.4. The number of nitrogens with one attached hydrogen (secondary N) is 1. The molecular weight excluding hydrogens is 391 g/mol. The average Bonchev–Trinajstić information content (AvgIpc) is 3.11. The molecule has 7 heteroatoms. The molecule has 4 rings (SSSR count). The molecule has 3 aromatic rings. The molecule has 152 valence electrons. The number of benzene rings is 1. The summed E-state index contributed by atoms with van der Waals surface area (Å²) in [6, 6.07) is 4.63. The molecule has 0 atom stereocenters. The van der Waals surface area contributed by atoms with E-state index in [1.807, 2.05) is 13.8 Å². The Morgan fingerprint density at radius 3 is 2.76 bits per heavy atom. The minimum absolute atomic E-state index is 0.118. The molecule has 0 aliphatic heterocycles. The van der Waals surface area contributed by atoms with Gasteiger partial charge in [0.2, 0.25) is 0 Å². The second kappa shape index (κ2) is 8.11. The largest absolute Gasteiger partial charge is 0.349 e. The lowest BCUT2D eigenvalue weighted by atomic mass is 9.95. The molecule has 1 N–H and O–H groups in total. The summed E-state index contributed by atoms with van der Waals surface area (Å²) in [5.41, 5.74) is 4.54. The van der Waals surface area contributed by atoms with E-state index in [0.717, 1.165) is 48.2 Å². The SMILES string of the molecule is Cc1nc2c(C(=O)NC3CCCCC3)cnn2c(C)c1Cc1ccc(F)cc1Cl. The molecule has 0 radical (unpaired) electrons. The Hall–Kier alpha value is -2.47. The van der Waals surface area contributed by atoms with Gasteiger partial charge in [-0.1, -0.05) is 36.9 Å². The molecular formula is C22H24ClFN4O. The second-order valence-electron chi connectivity index (χ2n) is 7.78. The van der Waals surface area contributed by atoms with Crippen molar-refractivity contribution in [3.05, 3.63) is 63.3 Å². The summed E-state index contributed by atoms with van der Waals surface area (Å²) in [6.07, 6.45) is 7.71. The van der Waals surface area contributed by atoms with E-state index in [-0.39, 0.29) is 17.8 Å². The Morgan fingerprint density at radius 2 is 2.03 bits per heavy atom. The third-order valence-corrected chi connectivity index (χ3v) is 6.13. The number of fused-ring (bicyclic) bond motifs is 1. The van der Waals surface area contributed by atoms with Crippen LogP contribution >= 0.6 is 11.6 Å². The van der Waals surface area contributed by atoms with Crippen molar-refractivity contribution in [1.29, 1.82) is 0 Å². The van der Waals surface area contributed by atoms with E-state index in [0.29, 0.717) is 22.7 Å². The number of carbonyl (C=O) groups excluding carboxylic acids is 1. The van der Waals surface area contributed by atoms with Crippen LogP contribution in [0.2, 0.25) is 5.02 Å². The van der Waals surface area contributed by atoms with Crippen molar-refractivity contribution in [3.8, 4) is 0 Å². The lowest BCUT2D eigenvalue weighted by Gasteiger charge is -2.22. The van der Waals surface area contributed by atoms with Crippen LogP contribution in [-0.2, 0) is 6.42 Å². The summed E-state index contributed by atoms with van der Waals surface area (Å²) in [4.78, 5) is 17.5. The summed E-state index contributed by atoms with van der Waals surface area (Å²) in [5.74, 6) is -0.478. The van der Waals surface area contributed by atoms with Crippen molar-refractivity contribution in [1.82, 2.24) is 19.9 Å². The van der Waals surface area contributed by atoms with Crippen LogP contribution in [0.5, 0.6) is 0 Å². The Morgan fingerprint density at radius 1 is 1.28 bits per heavy atom. The molecule has 0 saturated heterocycles. The number of carbonyl (C=O) groups is 1. The number of nitrogens with zero attached hydrogens (tertiary/aromatic N) is 3. The monoisotopic (exact) mass is 414 g/mol. The molecule has 1 aliphatic rings. The fourth-order valence-electron chi connectivity index (χ4n) is 4.09. The molecule has 2 heterocycles. The van der Waals surface area contributed by atoms with Gasteiger partial charge in [0.05, 0.1) is 6.20 Å². The number of hydrogen-bond donors (Lipinski definition) is 1. The van der Waals surface area contributed by atoms with Gasteiger partial charge in [0.1, 0.15) is 11.4 Å². The van der Waals surface area contributed by atoms with Gasteiger partial charge in [-0.3, -0.25) is 4.79 Å². The smallest absolute Gasteiger partial charge is 0.256 e. The molecule has 1 amide bonds. The quantitative estimate of drug-likeness (QED) is 0.667. The van der Waals surface area contributed by atoms with E-state index in [1.54, 1.807) is 16.8 Å². The van der Waals surface area contributed by atoms with Gasteiger partial charge in [-0.15, -0.1) is 0 Å². The third kappa shape index (κ3) is 3.99. The number of rotatable bonds is 4. The van der Waals surface area contributed by atoms with Crippen molar-refractivity contribution in [2.75, 3.05) is 0 Å². The maximum absolute atomic E-state index is 13.4. The fourth-order valence-corrected chi connectivity index (χ4v) is 4.33. The highest BCUT2D eigenvalue weighted by atomic mass is 35.5. The minimum Gasteiger partial charge on any atom is -0.349 e. The Kier molecular flexibility index (Phi) is 5.54. The van der Waals surface area contributed by atoms with Crippen molar-refractivity contribution in [2.45, 2.75) is 58.4 Å². The number of hydrogen-bond acceptors (Lipinski definition) is 3. The van der Waals surface area contributed by atoms with Gasteiger partial charge in [-0.2, -0.15) is 5.10 Å². The van der Waals surface area contributed by atoms with Gasteiger partial charge >= 0.3 is 0 Å². The summed E-state index contributed by atoms with van der Waals surface area (Å²) in [6.45, 7) is 3.86. The molecule has 1 aromatic carbocycles. The lowest BCUT2D eigenvalue weighted by molar-refractivity contribution is 0.0929. The van der Waals surface area contributed by atoms with E-state index >= 15 is 0 Å². The van der Waals surface area contributed by atoms with Crippen molar-refractivity contribution < 1.29 is 9.18 Å². The van der Waals surface area contributed by atoms with Crippen LogP contribution in [0.25, 0.3) is 5.65 Å². The van der Waals surface area contributed by atoms with Crippen LogP contribution in [0.15, 0.2) is 24.4 Å². The van der Waals surface area contributed by atoms with Crippen LogP contribution in [0.1, 0.15) is 65.0 Å². The second-order valence-corrected chi connectivity index (χ2v) is 8.18. The number of aryl methyl sites for hydroxylation is 2. The van der Waals surface area contributed by atoms with Gasteiger partial charge in [-0.25, -0.2) is 13.9 Å². The Labute approximate surface area is 174 Å². The zero-order chi connectivity index (χ0) is 20.5. The fraction of sp³-hybridized carbons (Fsp3) is 0.409. The number of aromatic nitrogens is 3. The molecule has 29 heavy (non-hydrogen) atoms. The topological polar surface area (TPSA) is 59.3 Å². The van der Waals surface area contributed by atoms with E-state index < -0.39 is 0 Å². The molecule has 0 unspecified atom stereocenters. The van der Waals surface area contributed by atoms with Crippen LogP contribution in [0.3, 0.4) is 0 Å². The first-order valence-electron chi connectivity index (χ1n) is 10.0. The molecule has 0 spiro atoms. The van der Waals surface area contributed by atoms with E-state index in [2.05, 4.69) is 15.4 Å². The molecule has 1 aliphatic carbocycles. The zero-order valence-electron chi connectivity index (χ0n) is 16.6. The van der Waals surface area contributed by atoms with Crippen molar-refractivity contribution in [3.63, 3.8) is 0 Å². The zero-order valence-corrected chi connectivity index (χ0v) is 17.4. The molecule has 2 aromatic heterocycles. The standard InChI is InChI=1S/C22H24ClFN4O/c1-13-18(10-15-8-9-16(24)11-20(15)23)14(2)28-21(26-13)19(12-25-28)22(29)27-17-6-4-3-5-7-17/h8-9,11-12,17H,3-7,10H2,1-2H3,(H,27,29). The van der Waals surface area contributed by atoms with Gasteiger partial charge in [0.15, 0.2) is 5.65 Å². The maximum atomic E-state index is 13.4. The molecule has 5 nitrogen and oxygen atoms in total. The van der Waals surface area contributed by atoms with Crippen molar-refractivity contribution in [2.24, 2.45) is 0 Å². The molecule has 1 saturated carbocycles. The van der Waals surface area contributed by atoms with Gasteiger partial charge in [0.25, 0.3) is 5.91 Å². The minimum atomic E-state index is -0.360. The van der Waals surface area contributed by atoms with Gasteiger partial charge in [-0.05, 0) is 49.9 Å². The Balaban J connectivity index is 1.65. The maximum Gasteiger partial charge on any atom is 0.256 e. The van der Waals surface area contributed by atoms with Gasteiger partial charge in [0, 0.05) is 28.9 Å². The third-order valence-electron chi connectivity index (χ3n) is 5.78. The first-order chi connectivity index (χ1) is 13.9. The van der Waals surface area contributed by atoms with Crippen LogP contribution in [0, 0.1) is 19.7 Å². The lowest BCUT2D eigenvalue weighted by Crippen LogP contribution is -2.36. The normalized spacial score (nSPS) is 15.0. The van der Waals surface area contributed by atoms with Gasteiger partial charge < -0.3 is 5.32 Å². The van der Waals surface area contributed by atoms with E-state index in [9.17, 15) is 9.18 Å². The molecule has 0 bridgehead atoms. The average molecular weight is 415 g/mol. The van der Waals surface area contributed by atoms with E-state index in [4.69, 9.17) is 11.6 Å². The highest BCUT2D eigenvalue weighted by Gasteiger charge is 2.22. The van der Waals surface area contributed by atoms with E-state index in [1.165, 1.54) is 18.6 Å². The summed E-state index contributed by atoms with van der Waals surface area (Å²) < 4.78 is 15.1. The predicted octanol–water partition coefficient (Wildman–Crippen LogP) is 4.79. The number of halogens is 2. The molecule has 1 fully saturated rings.